The van der Waals surface area contributed by atoms with Crippen molar-refractivity contribution >= 4 is 53.0 Å². The van der Waals surface area contributed by atoms with Gasteiger partial charge in [0.05, 0.1) is 13.0 Å². The molecule has 0 saturated heterocycles. The van der Waals surface area contributed by atoms with E-state index in [1.54, 1.807) is 13.8 Å². The van der Waals surface area contributed by atoms with E-state index < -0.39 is 84.3 Å². The second kappa shape index (κ2) is 18.6. The zero-order valence-corrected chi connectivity index (χ0v) is 26.3. The number of phenolic OH excluding ortho intramolecular Hbond substituents is 1. The lowest BCUT2D eigenvalue weighted by Gasteiger charge is -2.24. The minimum atomic E-state index is -1.46. The van der Waals surface area contributed by atoms with Gasteiger partial charge in [-0.05, 0) is 37.0 Å². The van der Waals surface area contributed by atoms with Crippen molar-refractivity contribution < 1.29 is 43.5 Å². The van der Waals surface area contributed by atoms with Crippen LogP contribution in [0.25, 0.3) is 0 Å². The summed E-state index contributed by atoms with van der Waals surface area (Å²) in [6.07, 6.45) is -0.957. The van der Waals surface area contributed by atoms with Crippen LogP contribution in [0.2, 0.25) is 0 Å². The molecular weight excluding hydrogens is 616 g/mol. The molecule has 1 aromatic carbocycles. The van der Waals surface area contributed by atoms with E-state index in [4.69, 9.17) is 11.5 Å². The molecule has 1 unspecified atom stereocenters. The Morgan fingerprint density at radius 2 is 1.57 bits per heavy atom. The lowest BCUT2D eigenvalue weighted by Crippen LogP contribution is -2.56. The van der Waals surface area contributed by atoms with E-state index in [1.165, 1.54) is 24.3 Å². The number of primary amides is 2. The van der Waals surface area contributed by atoms with E-state index in [2.05, 4.69) is 31.6 Å². The van der Waals surface area contributed by atoms with E-state index in [9.17, 15) is 43.5 Å². The van der Waals surface area contributed by atoms with Gasteiger partial charge in [-0.15, -0.1) is 0 Å². The minimum Gasteiger partial charge on any atom is -0.508 e. The SMILES string of the molecule is CCC(C)C1=NC(=O)[C@H](Cc2ccc(O)cc2)NC(=O)CNC(=O)CCCNC(=O)[C@H](CC(N)=O)NC(=O)[C@H](CCC(N)=O)NC1=O. The molecule has 0 radical (unpaired) electrons. The highest BCUT2D eigenvalue weighted by Crippen LogP contribution is 2.13. The standard InChI is InChI=1S/C30H42N8O9/c1-3-16(2)26-30(47)36-19(10-11-22(31)40)28(45)37-21(14-23(32)41)27(44)33-12-4-5-24(42)34-15-25(43)35-20(29(46)38-26)13-17-6-8-18(39)9-7-17/h6-9,16,19-21,39H,3-5,10-15H2,1-2H3,(H2,31,40)(H2,32,41)(H,33,44)(H,34,42)(H,35,43)(H,36,47)(H,37,45)/t16?,19-,20-,21-/m0/s1. The number of aliphatic imine (C=N–C) groups is 1. The lowest BCUT2D eigenvalue weighted by atomic mass is 10.00. The van der Waals surface area contributed by atoms with Gasteiger partial charge in [-0.25, -0.2) is 4.99 Å². The fourth-order valence-electron chi connectivity index (χ4n) is 4.41. The van der Waals surface area contributed by atoms with Crippen molar-refractivity contribution in [3.05, 3.63) is 29.8 Å². The second-order valence-corrected chi connectivity index (χ2v) is 11.1. The highest BCUT2D eigenvalue weighted by molar-refractivity contribution is 6.41. The molecule has 0 aliphatic carbocycles. The zero-order valence-electron chi connectivity index (χ0n) is 26.3. The van der Waals surface area contributed by atoms with Crippen LogP contribution in [0.3, 0.4) is 0 Å². The van der Waals surface area contributed by atoms with Crippen molar-refractivity contribution in [2.24, 2.45) is 22.4 Å². The van der Waals surface area contributed by atoms with E-state index in [0.29, 0.717) is 12.0 Å². The predicted molar refractivity (Wildman–Crippen MR) is 167 cm³/mol. The maximum absolute atomic E-state index is 13.6. The predicted octanol–water partition coefficient (Wildman–Crippen LogP) is -2.43. The molecule has 1 heterocycles. The topological polar surface area (TPSA) is 281 Å². The smallest absolute Gasteiger partial charge is 0.268 e. The van der Waals surface area contributed by atoms with E-state index in [1.807, 2.05) is 0 Å². The fraction of sp³-hybridized carbons (Fsp3) is 0.500. The summed E-state index contributed by atoms with van der Waals surface area (Å²) in [5.41, 5.74) is 10.8. The molecule has 2 rings (SSSR count). The number of nitrogens with one attached hydrogen (secondary N) is 5. The summed E-state index contributed by atoms with van der Waals surface area (Å²) in [6.45, 7) is 2.81. The van der Waals surface area contributed by atoms with Gasteiger partial charge in [0.1, 0.15) is 29.6 Å². The number of rotatable bonds is 9. The largest absolute Gasteiger partial charge is 0.508 e. The van der Waals surface area contributed by atoms with Crippen LogP contribution in [0.4, 0.5) is 0 Å². The number of amides is 8. The number of nitrogens with zero attached hydrogens (tertiary/aromatic N) is 1. The van der Waals surface area contributed by atoms with E-state index in [0.717, 1.165) is 0 Å². The summed E-state index contributed by atoms with van der Waals surface area (Å²) in [5.74, 6) is -7.19. The maximum atomic E-state index is 13.6. The van der Waals surface area contributed by atoms with Crippen LogP contribution in [-0.2, 0) is 44.8 Å². The van der Waals surface area contributed by atoms with Crippen molar-refractivity contribution in [3.8, 4) is 5.75 Å². The van der Waals surface area contributed by atoms with Gasteiger partial charge >= 0.3 is 0 Å². The number of carbonyl (C=O) groups is 8. The van der Waals surface area contributed by atoms with Crippen molar-refractivity contribution in [2.45, 2.75) is 76.9 Å². The Kier molecular flexibility index (Phi) is 15.0. The third kappa shape index (κ3) is 13.3. The monoisotopic (exact) mass is 658 g/mol. The molecular formula is C30H42N8O9. The first-order valence-corrected chi connectivity index (χ1v) is 15.1. The van der Waals surface area contributed by atoms with Crippen molar-refractivity contribution in [1.82, 2.24) is 26.6 Å². The van der Waals surface area contributed by atoms with Crippen LogP contribution < -0.4 is 38.1 Å². The second-order valence-electron chi connectivity index (χ2n) is 11.1. The summed E-state index contributed by atoms with van der Waals surface area (Å²) in [7, 11) is 0. The van der Waals surface area contributed by atoms with Gasteiger partial charge in [-0.2, -0.15) is 0 Å². The molecule has 0 spiro atoms. The average Bonchev–Trinajstić information content (AvgIpc) is 3.01. The van der Waals surface area contributed by atoms with Crippen LogP contribution in [0.15, 0.2) is 29.3 Å². The van der Waals surface area contributed by atoms with Gasteiger partial charge in [-0.3, -0.25) is 38.4 Å². The number of carbonyl (C=O) groups excluding carboxylic acids is 8. The number of hydrogen-bond donors (Lipinski definition) is 8. The van der Waals surface area contributed by atoms with E-state index >= 15 is 0 Å². The molecule has 17 heteroatoms. The maximum Gasteiger partial charge on any atom is 0.268 e. The summed E-state index contributed by atoms with van der Waals surface area (Å²) < 4.78 is 0. The molecule has 4 atom stereocenters. The zero-order chi connectivity index (χ0) is 35.1. The molecule has 17 nitrogen and oxygen atoms in total. The third-order valence-electron chi connectivity index (χ3n) is 7.22. The van der Waals surface area contributed by atoms with Crippen LogP contribution in [-0.4, -0.2) is 89.3 Å². The molecule has 47 heavy (non-hydrogen) atoms. The highest BCUT2D eigenvalue weighted by atomic mass is 16.3. The number of aromatic hydroxyl groups is 1. The molecule has 1 aliphatic heterocycles. The van der Waals surface area contributed by atoms with Crippen LogP contribution in [0.5, 0.6) is 5.75 Å². The number of nitrogens with two attached hydrogens (primary N) is 2. The molecule has 0 fully saturated rings. The molecule has 10 N–H and O–H groups in total. The quantitative estimate of drug-likeness (QED) is 0.140. The Bertz CT molecular complexity index is 1380. The van der Waals surface area contributed by atoms with Gasteiger partial charge in [0, 0.05) is 31.7 Å². The van der Waals surface area contributed by atoms with Crippen molar-refractivity contribution in [1.29, 1.82) is 0 Å². The first-order valence-electron chi connectivity index (χ1n) is 15.1. The highest BCUT2D eigenvalue weighted by Gasteiger charge is 2.31. The minimum absolute atomic E-state index is 0.0211. The molecule has 1 aliphatic rings. The Morgan fingerprint density at radius 3 is 2.19 bits per heavy atom. The summed E-state index contributed by atoms with van der Waals surface area (Å²) in [6, 6.07) is 1.65. The van der Waals surface area contributed by atoms with Crippen molar-refractivity contribution in [3.63, 3.8) is 0 Å². The van der Waals surface area contributed by atoms with Crippen LogP contribution >= 0.6 is 0 Å². The molecule has 8 amide bonds. The van der Waals surface area contributed by atoms with Gasteiger partial charge in [0.2, 0.25) is 35.4 Å². The summed E-state index contributed by atoms with van der Waals surface area (Å²) >= 11 is 0. The molecule has 0 aromatic heterocycles. The Hall–Kier alpha value is -5.35. The van der Waals surface area contributed by atoms with Gasteiger partial charge in [0.15, 0.2) is 0 Å². The Morgan fingerprint density at radius 1 is 0.894 bits per heavy atom. The molecule has 0 bridgehead atoms. The number of phenols is 1. The van der Waals surface area contributed by atoms with Gasteiger partial charge in [-0.1, -0.05) is 26.0 Å². The first kappa shape index (κ1) is 37.8. The molecule has 1 aromatic rings. The number of benzene rings is 1. The lowest BCUT2D eigenvalue weighted by molar-refractivity contribution is -0.133. The number of hydrogen-bond acceptors (Lipinski definition) is 9. The fourth-order valence-corrected chi connectivity index (χ4v) is 4.41. The average molecular weight is 659 g/mol. The first-order chi connectivity index (χ1) is 22.2. The third-order valence-corrected chi connectivity index (χ3v) is 7.22. The van der Waals surface area contributed by atoms with E-state index in [-0.39, 0.29) is 50.1 Å². The van der Waals surface area contributed by atoms with Crippen LogP contribution in [0.1, 0.15) is 57.9 Å². The van der Waals surface area contributed by atoms with Gasteiger partial charge < -0.3 is 43.2 Å². The van der Waals surface area contributed by atoms with Crippen molar-refractivity contribution in [2.75, 3.05) is 13.1 Å². The molecule has 0 saturated carbocycles. The molecule has 256 valence electrons. The normalized spacial score (nSPS) is 21.6. The summed E-state index contributed by atoms with van der Waals surface area (Å²) in [5, 5.41) is 21.9. The summed E-state index contributed by atoms with van der Waals surface area (Å²) in [4.78, 5) is 106. The van der Waals surface area contributed by atoms with Crippen LogP contribution in [0, 0.1) is 5.92 Å². The Labute approximate surface area is 271 Å². The Balaban J connectivity index is 2.54. The van der Waals surface area contributed by atoms with Gasteiger partial charge in [0.25, 0.3) is 11.8 Å².